The molecule has 2 saturated carbocycles. The monoisotopic (exact) mass is 252 g/mol. The molecule has 2 fully saturated rings. The minimum Gasteiger partial charge on any atom is -0.343 e. The summed E-state index contributed by atoms with van der Waals surface area (Å²) in [6, 6.07) is 0.698. The normalized spacial score (nSPS) is 34.3. The van der Waals surface area contributed by atoms with E-state index in [4.69, 9.17) is 5.73 Å². The minimum absolute atomic E-state index is 0.167. The van der Waals surface area contributed by atoms with E-state index in [0.717, 1.165) is 19.3 Å². The summed E-state index contributed by atoms with van der Waals surface area (Å²) in [6.45, 7) is 2.15. The van der Waals surface area contributed by atoms with Gasteiger partial charge < -0.3 is 10.6 Å². The number of carbonyl (C=O) groups excluding carboxylic acids is 1. The zero-order valence-corrected chi connectivity index (χ0v) is 11.9. The molecule has 0 heterocycles. The van der Waals surface area contributed by atoms with Crippen LogP contribution in [0.15, 0.2) is 0 Å². The summed E-state index contributed by atoms with van der Waals surface area (Å²) in [6.07, 6.45) is 9.50. The summed E-state index contributed by atoms with van der Waals surface area (Å²) in [4.78, 5) is 14.7. The van der Waals surface area contributed by atoms with Gasteiger partial charge >= 0.3 is 0 Å². The molecule has 2 N–H and O–H groups in total. The van der Waals surface area contributed by atoms with Gasteiger partial charge in [0.05, 0.1) is 0 Å². The molecule has 1 amide bonds. The van der Waals surface area contributed by atoms with Crippen LogP contribution >= 0.6 is 0 Å². The van der Waals surface area contributed by atoms with Crippen molar-refractivity contribution >= 4 is 5.91 Å². The fourth-order valence-electron chi connectivity index (χ4n) is 3.66. The molecule has 0 bridgehead atoms. The third kappa shape index (κ3) is 2.87. The zero-order valence-electron chi connectivity index (χ0n) is 11.9. The molecule has 0 aliphatic heterocycles. The summed E-state index contributed by atoms with van der Waals surface area (Å²) in [7, 11) is 2.01. The van der Waals surface area contributed by atoms with Crippen molar-refractivity contribution in [1.82, 2.24) is 4.90 Å². The first-order valence-electron chi connectivity index (χ1n) is 7.63. The Bertz CT molecular complexity index is 286. The third-order valence-corrected chi connectivity index (χ3v) is 5.15. The first-order valence-corrected chi connectivity index (χ1v) is 7.63. The van der Waals surface area contributed by atoms with E-state index in [-0.39, 0.29) is 12.0 Å². The Labute approximate surface area is 111 Å². The highest BCUT2D eigenvalue weighted by Gasteiger charge is 2.35. The van der Waals surface area contributed by atoms with Gasteiger partial charge in [0, 0.05) is 25.0 Å². The number of nitrogens with two attached hydrogens (primary N) is 1. The molecular formula is C15H28N2O. The number of carbonyl (C=O) groups is 1. The van der Waals surface area contributed by atoms with Crippen LogP contribution in [0.2, 0.25) is 0 Å². The van der Waals surface area contributed by atoms with E-state index < -0.39 is 0 Å². The smallest absolute Gasteiger partial charge is 0.225 e. The van der Waals surface area contributed by atoms with Crippen molar-refractivity contribution in [3.63, 3.8) is 0 Å². The Morgan fingerprint density at radius 1 is 1.06 bits per heavy atom. The van der Waals surface area contributed by atoms with Gasteiger partial charge in [0.15, 0.2) is 0 Å². The number of hydrogen-bond donors (Lipinski definition) is 1. The third-order valence-electron chi connectivity index (χ3n) is 5.15. The highest BCUT2D eigenvalue weighted by atomic mass is 16.2. The maximum absolute atomic E-state index is 12.6. The molecule has 18 heavy (non-hydrogen) atoms. The quantitative estimate of drug-likeness (QED) is 0.821. The molecule has 2 aliphatic rings. The Kier molecular flexibility index (Phi) is 4.66. The summed E-state index contributed by atoms with van der Waals surface area (Å²) >= 11 is 0. The van der Waals surface area contributed by atoms with E-state index in [1.807, 2.05) is 11.9 Å². The first kappa shape index (κ1) is 13.9. The summed E-state index contributed by atoms with van der Waals surface area (Å²) in [5.41, 5.74) is 6.11. The summed E-state index contributed by atoms with van der Waals surface area (Å²) < 4.78 is 0. The van der Waals surface area contributed by atoms with Crippen molar-refractivity contribution in [2.75, 3.05) is 7.05 Å². The molecule has 3 heteroatoms. The van der Waals surface area contributed by atoms with Crippen molar-refractivity contribution in [2.45, 2.75) is 70.4 Å². The predicted molar refractivity (Wildman–Crippen MR) is 74.1 cm³/mol. The molecule has 2 aliphatic carbocycles. The zero-order chi connectivity index (χ0) is 13.1. The van der Waals surface area contributed by atoms with Gasteiger partial charge in [0.1, 0.15) is 0 Å². The molecular weight excluding hydrogens is 224 g/mol. The van der Waals surface area contributed by atoms with Gasteiger partial charge in [-0.15, -0.1) is 0 Å². The van der Waals surface area contributed by atoms with E-state index in [1.165, 1.54) is 32.1 Å². The van der Waals surface area contributed by atoms with Crippen LogP contribution in [0.5, 0.6) is 0 Å². The lowest BCUT2D eigenvalue weighted by molar-refractivity contribution is -0.140. The SMILES string of the molecule is CC1C(N)CCCC1C(=O)N(C)C1CCCCC1. The van der Waals surface area contributed by atoms with Crippen molar-refractivity contribution < 1.29 is 4.79 Å². The topological polar surface area (TPSA) is 46.3 Å². The van der Waals surface area contributed by atoms with Crippen molar-refractivity contribution in [1.29, 1.82) is 0 Å². The van der Waals surface area contributed by atoms with Crippen LogP contribution in [0, 0.1) is 11.8 Å². The van der Waals surface area contributed by atoms with E-state index in [9.17, 15) is 4.79 Å². The second-order valence-corrected chi connectivity index (χ2v) is 6.30. The average molecular weight is 252 g/mol. The summed E-state index contributed by atoms with van der Waals surface area (Å²) in [5, 5.41) is 0. The number of hydrogen-bond acceptors (Lipinski definition) is 2. The Hall–Kier alpha value is -0.570. The van der Waals surface area contributed by atoms with Gasteiger partial charge in [0.25, 0.3) is 0 Å². The van der Waals surface area contributed by atoms with Gasteiger partial charge in [-0.1, -0.05) is 32.6 Å². The molecule has 3 atom stereocenters. The molecule has 0 aromatic carbocycles. The van der Waals surface area contributed by atoms with Gasteiger partial charge in [0.2, 0.25) is 5.91 Å². The van der Waals surface area contributed by atoms with Gasteiger partial charge in [-0.2, -0.15) is 0 Å². The van der Waals surface area contributed by atoms with Crippen molar-refractivity contribution in [3.8, 4) is 0 Å². The van der Waals surface area contributed by atoms with Crippen LogP contribution in [-0.4, -0.2) is 29.9 Å². The van der Waals surface area contributed by atoms with Crippen LogP contribution in [0.3, 0.4) is 0 Å². The fourth-order valence-corrected chi connectivity index (χ4v) is 3.66. The molecule has 0 spiro atoms. The molecule has 3 nitrogen and oxygen atoms in total. The number of amides is 1. The number of nitrogens with zero attached hydrogens (tertiary/aromatic N) is 1. The molecule has 104 valence electrons. The van der Waals surface area contributed by atoms with Gasteiger partial charge in [-0.3, -0.25) is 4.79 Å². The minimum atomic E-state index is 0.167. The average Bonchev–Trinajstić information content (AvgIpc) is 2.41. The maximum Gasteiger partial charge on any atom is 0.225 e. The first-order chi connectivity index (χ1) is 8.61. The maximum atomic E-state index is 12.6. The number of rotatable bonds is 2. The molecule has 0 saturated heterocycles. The lowest BCUT2D eigenvalue weighted by Crippen LogP contribution is -2.48. The summed E-state index contributed by atoms with van der Waals surface area (Å²) in [5.74, 6) is 0.863. The van der Waals surface area contributed by atoms with Crippen LogP contribution in [0.4, 0.5) is 0 Å². The van der Waals surface area contributed by atoms with Crippen LogP contribution in [0.1, 0.15) is 58.3 Å². The fraction of sp³-hybridized carbons (Fsp3) is 0.933. The molecule has 2 rings (SSSR count). The van der Waals surface area contributed by atoms with Gasteiger partial charge in [-0.25, -0.2) is 0 Å². The largest absolute Gasteiger partial charge is 0.343 e. The molecule has 0 aromatic rings. The van der Waals surface area contributed by atoms with Crippen molar-refractivity contribution in [3.05, 3.63) is 0 Å². The van der Waals surface area contributed by atoms with E-state index >= 15 is 0 Å². The lowest BCUT2D eigenvalue weighted by atomic mass is 9.76. The Balaban J connectivity index is 1.96. The standard InChI is InChI=1S/C15H28N2O/c1-11-13(9-6-10-14(11)16)15(18)17(2)12-7-4-3-5-8-12/h11-14H,3-10,16H2,1-2H3. The lowest BCUT2D eigenvalue weighted by Gasteiger charge is -2.38. The predicted octanol–water partition coefficient (Wildman–Crippen LogP) is 2.54. The van der Waals surface area contributed by atoms with Crippen LogP contribution < -0.4 is 5.73 Å². The molecule has 0 radical (unpaired) electrons. The van der Waals surface area contributed by atoms with Crippen molar-refractivity contribution in [2.24, 2.45) is 17.6 Å². The second kappa shape index (κ2) is 6.05. The van der Waals surface area contributed by atoms with Crippen LogP contribution in [0.25, 0.3) is 0 Å². The van der Waals surface area contributed by atoms with Gasteiger partial charge in [-0.05, 0) is 31.6 Å². The van der Waals surface area contributed by atoms with E-state index in [0.29, 0.717) is 17.9 Å². The van der Waals surface area contributed by atoms with Crippen LogP contribution in [-0.2, 0) is 4.79 Å². The van der Waals surface area contributed by atoms with E-state index in [1.54, 1.807) is 0 Å². The van der Waals surface area contributed by atoms with E-state index in [2.05, 4.69) is 6.92 Å². The second-order valence-electron chi connectivity index (χ2n) is 6.30. The Morgan fingerprint density at radius 2 is 1.72 bits per heavy atom. The highest BCUT2D eigenvalue weighted by Crippen LogP contribution is 2.32. The Morgan fingerprint density at radius 3 is 2.39 bits per heavy atom. The highest BCUT2D eigenvalue weighted by molar-refractivity contribution is 5.79. The molecule has 0 aromatic heterocycles. The molecule has 3 unspecified atom stereocenters.